The van der Waals surface area contributed by atoms with Gasteiger partial charge in [0.2, 0.25) is 11.8 Å². The van der Waals surface area contributed by atoms with E-state index in [1.165, 1.54) is 24.3 Å². The van der Waals surface area contributed by atoms with Gasteiger partial charge in [-0.1, -0.05) is 0 Å². The molecule has 0 saturated heterocycles. The molecule has 0 radical (unpaired) electrons. The van der Waals surface area contributed by atoms with Crippen LogP contribution in [0.4, 0.5) is 10.1 Å². The molecular weight excluding hydrogens is 261 g/mol. The van der Waals surface area contributed by atoms with Crippen LogP contribution in [0.2, 0.25) is 0 Å². The maximum atomic E-state index is 12.7. The van der Waals surface area contributed by atoms with Gasteiger partial charge in [-0.25, -0.2) is 4.39 Å². The predicted molar refractivity (Wildman–Crippen MR) is 75.8 cm³/mol. The molecule has 0 aliphatic carbocycles. The number of amides is 2. The number of nitrogens with one attached hydrogen (secondary N) is 3. The summed E-state index contributed by atoms with van der Waals surface area (Å²) < 4.78 is 12.7. The quantitative estimate of drug-likeness (QED) is 0.659. The average molecular weight is 281 g/mol. The van der Waals surface area contributed by atoms with Crippen LogP contribution in [0.15, 0.2) is 24.3 Å². The summed E-state index contributed by atoms with van der Waals surface area (Å²) in [5.74, 6) is -0.635. The van der Waals surface area contributed by atoms with Crippen LogP contribution in [-0.4, -0.2) is 30.9 Å². The van der Waals surface area contributed by atoms with Crippen LogP contribution < -0.4 is 16.0 Å². The molecule has 2 amide bonds. The van der Waals surface area contributed by atoms with Crippen LogP contribution in [0.1, 0.15) is 20.3 Å². The van der Waals surface area contributed by atoms with Crippen molar-refractivity contribution in [2.24, 2.45) is 0 Å². The second-order valence-corrected chi connectivity index (χ2v) is 4.70. The highest BCUT2D eigenvalue weighted by molar-refractivity contribution is 5.92. The van der Waals surface area contributed by atoms with Crippen LogP contribution in [0.3, 0.4) is 0 Å². The molecule has 3 N–H and O–H groups in total. The second-order valence-electron chi connectivity index (χ2n) is 4.70. The minimum atomic E-state index is -0.350. The van der Waals surface area contributed by atoms with Crippen molar-refractivity contribution in [1.82, 2.24) is 10.6 Å². The molecule has 0 spiro atoms. The van der Waals surface area contributed by atoms with Crippen molar-refractivity contribution in [3.05, 3.63) is 30.1 Å². The van der Waals surface area contributed by atoms with E-state index in [9.17, 15) is 14.0 Å². The Labute approximate surface area is 117 Å². The monoisotopic (exact) mass is 281 g/mol. The Bertz CT molecular complexity index is 446. The molecule has 0 heterocycles. The molecule has 0 unspecified atom stereocenters. The Morgan fingerprint density at radius 1 is 1.15 bits per heavy atom. The van der Waals surface area contributed by atoms with Crippen molar-refractivity contribution in [2.75, 3.05) is 18.4 Å². The third kappa shape index (κ3) is 6.84. The van der Waals surface area contributed by atoms with E-state index in [2.05, 4.69) is 16.0 Å². The number of carbonyl (C=O) groups excluding carboxylic acids is 2. The van der Waals surface area contributed by atoms with Gasteiger partial charge in [0.05, 0.1) is 6.54 Å². The topological polar surface area (TPSA) is 70.2 Å². The fourth-order valence-corrected chi connectivity index (χ4v) is 1.54. The summed E-state index contributed by atoms with van der Waals surface area (Å²) in [6.45, 7) is 4.31. The van der Waals surface area contributed by atoms with E-state index in [-0.39, 0.29) is 30.2 Å². The van der Waals surface area contributed by atoms with E-state index >= 15 is 0 Å². The molecule has 20 heavy (non-hydrogen) atoms. The largest absolute Gasteiger partial charge is 0.354 e. The Hall–Kier alpha value is -1.95. The molecule has 1 aromatic rings. The van der Waals surface area contributed by atoms with Crippen LogP contribution in [-0.2, 0) is 9.59 Å². The first-order valence-corrected chi connectivity index (χ1v) is 6.53. The van der Waals surface area contributed by atoms with Crippen molar-refractivity contribution in [1.29, 1.82) is 0 Å². The highest BCUT2D eigenvalue weighted by Crippen LogP contribution is 2.07. The molecule has 0 aliphatic rings. The fraction of sp³-hybridized carbons (Fsp3) is 0.429. The molecule has 0 aliphatic heterocycles. The smallest absolute Gasteiger partial charge is 0.238 e. The van der Waals surface area contributed by atoms with E-state index in [0.29, 0.717) is 18.7 Å². The lowest BCUT2D eigenvalue weighted by atomic mass is 10.3. The maximum absolute atomic E-state index is 12.7. The molecule has 1 aromatic carbocycles. The zero-order valence-corrected chi connectivity index (χ0v) is 11.7. The number of halogens is 1. The summed E-state index contributed by atoms with van der Waals surface area (Å²) >= 11 is 0. The summed E-state index contributed by atoms with van der Waals surface area (Å²) in [4.78, 5) is 22.9. The maximum Gasteiger partial charge on any atom is 0.238 e. The zero-order chi connectivity index (χ0) is 15.0. The molecule has 110 valence electrons. The molecular formula is C14H20FN3O2. The number of rotatable bonds is 7. The normalized spacial score (nSPS) is 10.4. The first-order valence-electron chi connectivity index (χ1n) is 6.53. The van der Waals surface area contributed by atoms with Crippen molar-refractivity contribution in [3.63, 3.8) is 0 Å². The third-order valence-electron chi connectivity index (χ3n) is 2.39. The second kappa shape index (κ2) is 8.27. The fourth-order valence-electron chi connectivity index (χ4n) is 1.54. The van der Waals surface area contributed by atoms with Crippen LogP contribution in [0, 0.1) is 5.82 Å². The Kier molecular flexibility index (Phi) is 6.66. The predicted octanol–water partition coefficient (Wildman–Crippen LogP) is 1.27. The number of benzene rings is 1. The van der Waals surface area contributed by atoms with Gasteiger partial charge in [-0.15, -0.1) is 0 Å². The Morgan fingerprint density at radius 3 is 2.40 bits per heavy atom. The first kappa shape index (κ1) is 16.1. The lowest BCUT2D eigenvalue weighted by molar-refractivity contribution is -0.121. The Morgan fingerprint density at radius 2 is 1.80 bits per heavy atom. The van der Waals surface area contributed by atoms with Crippen molar-refractivity contribution >= 4 is 17.5 Å². The number of hydrogen-bond acceptors (Lipinski definition) is 3. The minimum absolute atomic E-state index is 0.0496. The Balaban J connectivity index is 2.17. The summed E-state index contributed by atoms with van der Waals surface area (Å²) in [6, 6.07) is 5.65. The zero-order valence-electron chi connectivity index (χ0n) is 11.7. The van der Waals surface area contributed by atoms with Gasteiger partial charge in [0, 0.05) is 24.7 Å². The third-order valence-corrected chi connectivity index (χ3v) is 2.39. The number of carbonyl (C=O) groups is 2. The van der Waals surface area contributed by atoms with E-state index in [1.54, 1.807) is 0 Å². The summed E-state index contributed by atoms with van der Waals surface area (Å²) in [5, 5.41) is 8.26. The van der Waals surface area contributed by atoms with Crippen molar-refractivity contribution < 1.29 is 14.0 Å². The SMILES string of the molecule is CC(C)NC(=O)CCNCC(=O)Nc1ccc(F)cc1. The lowest BCUT2D eigenvalue weighted by Crippen LogP contribution is -2.34. The van der Waals surface area contributed by atoms with Crippen molar-refractivity contribution in [2.45, 2.75) is 26.3 Å². The van der Waals surface area contributed by atoms with E-state index in [1.807, 2.05) is 13.8 Å². The molecule has 5 nitrogen and oxygen atoms in total. The average Bonchev–Trinajstić information content (AvgIpc) is 2.37. The highest BCUT2D eigenvalue weighted by atomic mass is 19.1. The number of hydrogen-bond donors (Lipinski definition) is 3. The van der Waals surface area contributed by atoms with Gasteiger partial charge in [-0.05, 0) is 38.1 Å². The number of anilines is 1. The highest BCUT2D eigenvalue weighted by Gasteiger charge is 2.04. The van der Waals surface area contributed by atoms with E-state index < -0.39 is 0 Å². The summed E-state index contributed by atoms with van der Waals surface area (Å²) in [5.41, 5.74) is 0.538. The standard InChI is InChI=1S/C14H20FN3O2/c1-10(2)17-13(19)7-8-16-9-14(20)18-12-5-3-11(15)4-6-12/h3-6,10,16H,7-9H2,1-2H3,(H,17,19)(H,18,20). The molecule has 0 aromatic heterocycles. The van der Waals surface area contributed by atoms with Crippen LogP contribution >= 0.6 is 0 Å². The molecule has 0 fully saturated rings. The van der Waals surface area contributed by atoms with Gasteiger partial charge >= 0.3 is 0 Å². The van der Waals surface area contributed by atoms with Gasteiger partial charge in [-0.2, -0.15) is 0 Å². The van der Waals surface area contributed by atoms with Crippen LogP contribution in [0.25, 0.3) is 0 Å². The van der Waals surface area contributed by atoms with Gasteiger partial charge in [0.25, 0.3) is 0 Å². The van der Waals surface area contributed by atoms with E-state index in [0.717, 1.165) is 0 Å². The molecule has 6 heteroatoms. The van der Waals surface area contributed by atoms with Crippen molar-refractivity contribution in [3.8, 4) is 0 Å². The molecule has 0 bridgehead atoms. The molecule has 0 atom stereocenters. The van der Waals surface area contributed by atoms with Gasteiger partial charge in [0.15, 0.2) is 0 Å². The van der Waals surface area contributed by atoms with Gasteiger partial charge in [0.1, 0.15) is 5.82 Å². The molecule has 1 rings (SSSR count). The molecule has 0 saturated carbocycles. The van der Waals surface area contributed by atoms with Gasteiger partial charge in [-0.3, -0.25) is 9.59 Å². The van der Waals surface area contributed by atoms with Crippen LogP contribution in [0.5, 0.6) is 0 Å². The first-order chi connectivity index (χ1) is 9.47. The lowest BCUT2D eigenvalue weighted by Gasteiger charge is -2.09. The minimum Gasteiger partial charge on any atom is -0.354 e. The summed E-state index contributed by atoms with van der Waals surface area (Å²) in [6.07, 6.45) is 0.321. The van der Waals surface area contributed by atoms with E-state index in [4.69, 9.17) is 0 Å². The van der Waals surface area contributed by atoms with Gasteiger partial charge < -0.3 is 16.0 Å². The summed E-state index contributed by atoms with van der Waals surface area (Å²) in [7, 11) is 0.